The second kappa shape index (κ2) is 4.56. The highest BCUT2D eigenvalue weighted by Gasteiger charge is 2.29. The van der Waals surface area contributed by atoms with Crippen molar-refractivity contribution in [2.45, 2.75) is 31.5 Å². The second-order valence-electron chi connectivity index (χ2n) is 4.14. The van der Waals surface area contributed by atoms with Crippen molar-refractivity contribution in [1.29, 1.82) is 0 Å². The summed E-state index contributed by atoms with van der Waals surface area (Å²) in [5, 5.41) is 9.74. The number of hydrogen-bond donors (Lipinski definition) is 1. The van der Waals surface area contributed by atoms with E-state index in [1.54, 1.807) is 12.1 Å². The van der Waals surface area contributed by atoms with E-state index in [1.165, 1.54) is 6.07 Å². The first-order valence-electron chi connectivity index (χ1n) is 5.47. The Balaban J connectivity index is 2.21. The summed E-state index contributed by atoms with van der Waals surface area (Å²) < 4.78 is 41.0. The van der Waals surface area contributed by atoms with E-state index < -0.39 is 18.9 Å². The van der Waals surface area contributed by atoms with Gasteiger partial charge in [0.2, 0.25) is 0 Å². The van der Waals surface area contributed by atoms with Crippen molar-refractivity contribution < 1.29 is 23.0 Å². The van der Waals surface area contributed by atoms with E-state index in [4.69, 9.17) is 4.74 Å². The van der Waals surface area contributed by atoms with Crippen LogP contribution < -0.4 is 4.74 Å². The molecule has 0 aromatic heterocycles. The first-order chi connectivity index (χ1) is 7.97. The van der Waals surface area contributed by atoms with Crippen molar-refractivity contribution in [3.05, 3.63) is 29.3 Å². The predicted molar refractivity (Wildman–Crippen MR) is 55.9 cm³/mol. The summed E-state index contributed by atoms with van der Waals surface area (Å²) in [6.07, 6.45) is -2.86. The van der Waals surface area contributed by atoms with Crippen molar-refractivity contribution in [2.24, 2.45) is 0 Å². The maximum Gasteiger partial charge on any atom is 0.422 e. The Kier molecular flexibility index (Phi) is 3.28. The molecule has 0 saturated heterocycles. The Morgan fingerprint density at radius 2 is 2.12 bits per heavy atom. The third-order valence-corrected chi connectivity index (χ3v) is 2.82. The van der Waals surface area contributed by atoms with Gasteiger partial charge in [-0.05, 0) is 36.5 Å². The summed E-state index contributed by atoms with van der Waals surface area (Å²) in [5.41, 5.74) is 1.39. The Hall–Kier alpha value is -1.23. The van der Waals surface area contributed by atoms with Crippen molar-refractivity contribution in [1.82, 2.24) is 0 Å². The molecule has 0 spiro atoms. The molecule has 1 aliphatic carbocycles. The molecule has 0 radical (unpaired) electrons. The lowest BCUT2D eigenvalue weighted by atomic mass is 9.89. The van der Waals surface area contributed by atoms with Crippen LogP contribution in [0.2, 0.25) is 0 Å². The van der Waals surface area contributed by atoms with Gasteiger partial charge in [-0.15, -0.1) is 0 Å². The van der Waals surface area contributed by atoms with Crippen LogP contribution in [0.1, 0.15) is 30.1 Å². The molecule has 1 aromatic rings. The van der Waals surface area contributed by atoms with Crippen LogP contribution >= 0.6 is 0 Å². The van der Waals surface area contributed by atoms with Gasteiger partial charge in [0.25, 0.3) is 0 Å². The predicted octanol–water partition coefficient (Wildman–Crippen LogP) is 3.00. The van der Waals surface area contributed by atoms with E-state index in [1.807, 2.05) is 0 Å². The van der Waals surface area contributed by atoms with Crippen LogP contribution in [-0.4, -0.2) is 17.9 Å². The number of rotatable bonds is 2. The van der Waals surface area contributed by atoms with E-state index in [2.05, 4.69) is 0 Å². The zero-order valence-corrected chi connectivity index (χ0v) is 9.13. The zero-order chi connectivity index (χ0) is 12.5. The Labute approximate surface area is 97.0 Å². The molecule has 0 bridgehead atoms. The van der Waals surface area contributed by atoms with Crippen molar-refractivity contribution in [3.63, 3.8) is 0 Å². The van der Waals surface area contributed by atoms with Crippen molar-refractivity contribution >= 4 is 0 Å². The van der Waals surface area contributed by atoms with Gasteiger partial charge in [-0.1, -0.05) is 12.1 Å². The average Bonchev–Trinajstić information content (AvgIpc) is 2.26. The van der Waals surface area contributed by atoms with Gasteiger partial charge < -0.3 is 9.84 Å². The first-order valence-corrected chi connectivity index (χ1v) is 5.47. The van der Waals surface area contributed by atoms with Crippen LogP contribution in [0.5, 0.6) is 5.75 Å². The molecular formula is C12H13F3O2. The molecule has 0 saturated carbocycles. The van der Waals surface area contributed by atoms with Gasteiger partial charge in [-0.25, -0.2) is 0 Å². The van der Waals surface area contributed by atoms with E-state index in [9.17, 15) is 18.3 Å². The molecule has 1 aliphatic rings. The Morgan fingerprint density at radius 1 is 1.35 bits per heavy atom. The maximum absolute atomic E-state index is 12.1. The van der Waals surface area contributed by atoms with Gasteiger partial charge >= 0.3 is 6.18 Å². The quantitative estimate of drug-likeness (QED) is 0.869. The molecule has 0 amide bonds. The minimum absolute atomic E-state index is 0.235. The largest absolute Gasteiger partial charge is 0.484 e. The summed E-state index contributed by atoms with van der Waals surface area (Å²) in [7, 11) is 0. The van der Waals surface area contributed by atoms with Crippen LogP contribution in [0.4, 0.5) is 13.2 Å². The normalized spacial score (nSPS) is 19.9. The number of alkyl halides is 3. The molecule has 1 aromatic carbocycles. The topological polar surface area (TPSA) is 29.5 Å². The van der Waals surface area contributed by atoms with Crippen LogP contribution in [0.3, 0.4) is 0 Å². The van der Waals surface area contributed by atoms with E-state index in [0.29, 0.717) is 24.0 Å². The van der Waals surface area contributed by atoms with Crippen molar-refractivity contribution in [2.75, 3.05) is 6.61 Å². The maximum atomic E-state index is 12.1. The molecule has 0 heterocycles. The molecule has 1 N–H and O–H groups in total. The lowest BCUT2D eigenvalue weighted by molar-refractivity contribution is -0.153. The summed E-state index contributed by atoms with van der Waals surface area (Å²) in [6, 6.07) is 4.86. The number of fused-ring (bicyclic) bond motifs is 1. The summed E-state index contributed by atoms with van der Waals surface area (Å²) >= 11 is 0. The monoisotopic (exact) mass is 246 g/mol. The molecule has 1 unspecified atom stereocenters. The summed E-state index contributed by atoms with van der Waals surface area (Å²) in [4.78, 5) is 0. The fourth-order valence-electron chi connectivity index (χ4n) is 2.08. The van der Waals surface area contributed by atoms with Gasteiger partial charge in [-0.2, -0.15) is 13.2 Å². The minimum atomic E-state index is -4.34. The van der Waals surface area contributed by atoms with Crippen LogP contribution in [0, 0.1) is 0 Å². The van der Waals surface area contributed by atoms with Crippen LogP contribution in [-0.2, 0) is 6.42 Å². The fourth-order valence-corrected chi connectivity index (χ4v) is 2.08. The highest BCUT2D eigenvalue weighted by molar-refractivity contribution is 5.42. The third-order valence-electron chi connectivity index (χ3n) is 2.82. The van der Waals surface area contributed by atoms with E-state index in [0.717, 1.165) is 6.42 Å². The van der Waals surface area contributed by atoms with Gasteiger partial charge in [0.1, 0.15) is 5.75 Å². The molecule has 17 heavy (non-hydrogen) atoms. The average molecular weight is 246 g/mol. The highest BCUT2D eigenvalue weighted by atomic mass is 19.4. The lowest BCUT2D eigenvalue weighted by Crippen LogP contribution is -2.20. The van der Waals surface area contributed by atoms with Crippen LogP contribution in [0.15, 0.2) is 18.2 Å². The summed E-state index contributed by atoms with van der Waals surface area (Å²) in [5.74, 6) is 0.235. The summed E-state index contributed by atoms with van der Waals surface area (Å²) in [6.45, 7) is -1.29. The molecule has 94 valence electrons. The van der Waals surface area contributed by atoms with Gasteiger partial charge in [0.05, 0.1) is 6.10 Å². The molecule has 0 fully saturated rings. The second-order valence-corrected chi connectivity index (χ2v) is 4.14. The lowest BCUT2D eigenvalue weighted by Gasteiger charge is -2.23. The Bertz CT molecular complexity index is 401. The molecule has 2 nitrogen and oxygen atoms in total. The molecule has 1 atom stereocenters. The Morgan fingerprint density at radius 3 is 2.82 bits per heavy atom. The first kappa shape index (κ1) is 12.2. The van der Waals surface area contributed by atoms with Gasteiger partial charge in [0, 0.05) is 0 Å². The number of halogens is 3. The minimum Gasteiger partial charge on any atom is -0.484 e. The molecule has 0 aliphatic heterocycles. The standard InChI is InChI=1S/C12H13F3O2/c13-12(14,15)7-17-11-6-2-3-8-9(11)4-1-5-10(8)16/h2-3,6,10,16H,1,4-5,7H2. The van der Waals surface area contributed by atoms with E-state index >= 15 is 0 Å². The molecular weight excluding hydrogens is 233 g/mol. The SMILES string of the molecule is OC1CCCc2c(OCC(F)(F)F)cccc21. The smallest absolute Gasteiger partial charge is 0.422 e. The zero-order valence-electron chi connectivity index (χ0n) is 9.13. The number of aliphatic hydroxyl groups is 1. The van der Waals surface area contributed by atoms with Crippen LogP contribution in [0.25, 0.3) is 0 Å². The highest BCUT2D eigenvalue weighted by Crippen LogP contribution is 2.35. The number of benzene rings is 1. The molecule has 5 heteroatoms. The number of ether oxygens (including phenoxy) is 1. The van der Waals surface area contributed by atoms with Gasteiger partial charge in [-0.3, -0.25) is 0 Å². The van der Waals surface area contributed by atoms with E-state index in [-0.39, 0.29) is 5.75 Å². The number of hydrogen-bond acceptors (Lipinski definition) is 2. The van der Waals surface area contributed by atoms with Crippen molar-refractivity contribution in [3.8, 4) is 5.75 Å². The molecule has 2 rings (SSSR count). The number of aliphatic hydroxyl groups excluding tert-OH is 1. The fraction of sp³-hybridized carbons (Fsp3) is 0.500. The third kappa shape index (κ3) is 2.91. The van der Waals surface area contributed by atoms with Gasteiger partial charge in [0.15, 0.2) is 6.61 Å².